The number of nitrogens with zero attached hydrogens (tertiary/aromatic N) is 1. The lowest BCUT2D eigenvalue weighted by Crippen LogP contribution is -2.25. The number of fused-ring (bicyclic) bond motifs is 1. The van der Waals surface area contributed by atoms with Gasteiger partial charge in [-0.05, 0) is 54.3 Å². The van der Waals surface area contributed by atoms with Gasteiger partial charge in [0, 0.05) is 41.6 Å². The molecule has 0 atom stereocenters. The number of nitrogens with one attached hydrogen (secondary N) is 3. The van der Waals surface area contributed by atoms with Crippen molar-refractivity contribution in [3.63, 3.8) is 0 Å². The van der Waals surface area contributed by atoms with E-state index in [1.165, 1.54) is 0 Å². The fraction of sp³-hybridized carbons (Fsp3) is 0.167. The topological polar surface area (TPSA) is 69.8 Å². The van der Waals surface area contributed by atoms with Crippen LogP contribution in [0.3, 0.4) is 0 Å². The molecule has 0 spiro atoms. The second kappa shape index (κ2) is 7.43. The predicted molar refractivity (Wildman–Crippen MR) is 116 cm³/mol. The summed E-state index contributed by atoms with van der Waals surface area (Å²) < 4.78 is 0. The third kappa shape index (κ3) is 3.85. The molecule has 0 aliphatic heterocycles. The molecule has 4 aromatic rings. The van der Waals surface area contributed by atoms with Gasteiger partial charge in [0.2, 0.25) is 0 Å². The number of aromatic nitrogens is 2. The highest BCUT2D eigenvalue weighted by Crippen LogP contribution is 2.31. The van der Waals surface area contributed by atoms with Crippen molar-refractivity contribution in [3.8, 4) is 11.3 Å². The van der Waals surface area contributed by atoms with Crippen LogP contribution in [0.25, 0.3) is 22.2 Å². The van der Waals surface area contributed by atoms with Gasteiger partial charge in [-0.25, -0.2) is 0 Å². The summed E-state index contributed by atoms with van der Waals surface area (Å²) in [6.45, 7) is 0.658. The summed E-state index contributed by atoms with van der Waals surface area (Å²) in [6, 6.07) is 20.5. The van der Waals surface area contributed by atoms with Gasteiger partial charge in [0.1, 0.15) is 0 Å². The average Bonchev–Trinajstić information content (AvgIpc) is 3.47. The molecule has 144 valence electrons. The number of aromatic amines is 1. The number of pyridine rings is 1. The van der Waals surface area contributed by atoms with E-state index in [1.807, 2.05) is 42.5 Å². The van der Waals surface area contributed by atoms with Crippen LogP contribution in [0.1, 0.15) is 28.8 Å². The molecule has 2 heterocycles. The van der Waals surface area contributed by atoms with Crippen molar-refractivity contribution in [2.75, 3.05) is 5.32 Å². The van der Waals surface area contributed by atoms with E-state index < -0.39 is 0 Å². The first-order valence-corrected chi connectivity index (χ1v) is 9.92. The Balaban J connectivity index is 1.53. The van der Waals surface area contributed by atoms with Gasteiger partial charge >= 0.3 is 0 Å². The number of anilines is 1. The van der Waals surface area contributed by atoms with Gasteiger partial charge in [-0.2, -0.15) is 0 Å². The van der Waals surface area contributed by atoms with Crippen LogP contribution in [-0.4, -0.2) is 21.9 Å². The third-order valence-corrected chi connectivity index (χ3v) is 5.22. The number of carbonyl (C=O) groups is 1. The highest BCUT2D eigenvalue weighted by atomic mass is 16.1. The summed E-state index contributed by atoms with van der Waals surface area (Å²) in [5.74, 6) is -0.0103. The highest BCUT2D eigenvalue weighted by Gasteiger charge is 2.24. The predicted octanol–water partition coefficient (Wildman–Crippen LogP) is 4.73. The number of hydrogen-bond donors (Lipinski definition) is 3. The van der Waals surface area contributed by atoms with E-state index in [-0.39, 0.29) is 5.91 Å². The lowest BCUT2D eigenvalue weighted by molar-refractivity contribution is 0.0951. The lowest BCUT2D eigenvalue weighted by Gasteiger charge is -2.11. The van der Waals surface area contributed by atoms with E-state index in [0.717, 1.165) is 46.3 Å². The minimum atomic E-state index is -0.0103. The number of H-pyrrole nitrogens is 1. The maximum atomic E-state index is 12.7. The van der Waals surface area contributed by atoms with E-state index in [9.17, 15) is 4.79 Å². The van der Waals surface area contributed by atoms with Gasteiger partial charge in [-0.3, -0.25) is 9.78 Å². The Labute approximate surface area is 169 Å². The smallest absolute Gasteiger partial charge is 0.251 e. The zero-order chi connectivity index (χ0) is 19.6. The van der Waals surface area contributed by atoms with Gasteiger partial charge in [-0.1, -0.05) is 30.3 Å². The molecule has 2 aromatic carbocycles. The first-order chi connectivity index (χ1) is 14.3. The summed E-state index contributed by atoms with van der Waals surface area (Å²) >= 11 is 0. The Bertz CT molecular complexity index is 1150. The molecule has 29 heavy (non-hydrogen) atoms. The standard InChI is InChI=1S/C24H22N4O/c29-24(27-20-6-7-20)19-12-18-13-21(17-4-2-1-3-5-17)28-23(18)22(14-19)26-15-16-8-10-25-11-9-16/h1-5,8-14,20,26,28H,6-7,15H2,(H,27,29). The molecule has 1 saturated carbocycles. The second-order valence-corrected chi connectivity index (χ2v) is 7.49. The molecule has 0 unspecified atom stereocenters. The molecule has 1 aliphatic carbocycles. The van der Waals surface area contributed by atoms with Crippen LogP contribution in [0.4, 0.5) is 5.69 Å². The largest absolute Gasteiger partial charge is 0.379 e. The molecule has 5 heteroatoms. The fourth-order valence-corrected chi connectivity index (χ4v) is 3.48. The van der Waals surface area contributed by atoms with E-state index in [2.05, 4.69) is 38.8 Å². The fourth-order valence-electron chi connectivity index (χ4n) is 3.48. The monoisotopic (exact) mass is 382 g/mol. The van der Waals surface area contributed by atoms with Gasteiger partial charge in [0.15, 0.2) is 0 Å². The third-order valence-electron chi connectivity index (χ3n) is 5.22. The maximum Gasteiger partial charge on any atom is 0.251 e. The van der Waals surface area contributed by atoms with Gasteiger partial charge in [0.05, 0.1) is 11.2 Å². The maximum absolute atomic E-state index is 12.7. The van der Waals surface area contributed by atoms with Crippen molar-refractivity contribution in [3.05, 3.63) is 84.2 Å². The first kappa shape index (κ1) is 17.5. The van der Waals surface area contributed by atoms with E-state index in [4.69, 9.17) is 0 Å². The Hall–Kier alpha value is -3.60. The highest BCUT2D eigenvalue weighted by molar-refractivity contribution is 6.04. The van der Waals surface area contributed by atoms with Crippen LogP contribution < -0.4 is 10.6 Å². The molecule has 1 aliphatic rings. The number of carbonyl (C=O) groups excluding carboxylic acids is 1. The van der Waals surface area contributed by atoms with Crippen LogP contribution in [0, 0.1) is 0 Å². The molecule has 5 rings (SSSR count). The number of benzene rings is 2. The number of rotatable bonds is 6. The summed E-state index contributed by atoms with van der Waals surface area (Å²) in [5.41, 5.74) is 5.89. The van der Waals surface area contributed by atoms with Crippen molar-refractivity contribution in [1.29, 1.82) is 0 Å². The SMILES string of the molecule is O=C(NC1CC1)c1cc(NCc2ccncc2)c2[nH]c(-c3ccccc3)cc2c1. The number of amides is 1. The summed E-state index contributed by atoms with van der Waals surface area (Å²) in [6.07, 6.45) is 5.72. The quantitative estimate of drug-likeness (QED) is 0.451. The van der Waals surface area contributed by atoms with Crippen molar-refractivity contribution < 1.29 is 4.79 Å². The molecular formula is C24H22N4O. The zero-order valence-electron chi connectivity index (χ0n) is 16.0. The van der Waals surface area contributed by atoms with Crippen LogP contribution in [-0.2, 0) is 6.54 Å². The number of hydrogen-bond acceptors (Lipinski definition) is 3. The summed E-state index contributed by atoms with van der Waals surface area (Å²) in [5, 5.41) is 7.60. The van der Waals surface area contributed by atoms with Gasteiger partial charge < -0.3 is 15.6 Å². The zero-order valence-corrected chi connectivity index (χ0v) is 16.0. The molecule has 1 fully saturated rings. The van der Waals surface area contributed by atoms with E-state index in [0.29, 0.717) is 18.2 Å². The molecule has 1 amide bonds. The van der Waals surface area contributed by atoms with Crippen LogP contribution in [0.15, 0.2) is 73.1 Å². The van der Waals surface area contributed by atoms with E-state index in [1.54, 1.807) is 12.4 Å². The molecule has 0 saturated heterocycles. The van der Waals surface area contributed by atoms with Crippen LogP contribution in [0.5, 0.6) is 0 Å². The normalized spacial score (nSPS) is 13.4. The van der Waals surface area contributed by atoms with Crippen molar-refractivity contribution in [1.82, 2.24) is 15.3 Å². The summed E-state index contributed by atoms with van der Waals surface area (Å²) in [7, 11) is 0. The van der Waals surface area contributed by atoms with Crippen molar-refractivity contribution in [2.24, 2.45) is 0 Å². The second-order valence-electron chi connectivity index (χ2n) is 7.49. The molecule has 0 bridgehead atoms. The lowest BCUT2D eigenvalue weighted by atomic mass is 10.1. The van der Waals surface area contributed by atoms with Crippen molar-refractivity contribution in [2.45, 2.75) is 25.4 Å². The minimum Gasteiger partial charge on any atom is -0.379 e. The Kier molecular flexibility index (Phi) is 4.48. The summed E-state index contributed by atoms with van der Waals surface area (Å²) in [4.78, 5) is 20.3. The first-order valence-electron chi connectivity index (χ1n) is 9.92. The Morgan fingerprint density at radius 1 is 1.03 bits per heavy atom. The Morgan fingerprint density at radius 3 is 2.59 bits per heavy atom. The molecule has 3 N–H and O–H groups in total. The van der Waals surface area contributed by atoms with Crippen molar-refractivity contribution >= 4 is 22.5 Å². The molecular weight excluding hydrogens is 360 g/mol. The molecule has 2 aromatic heterocycles. The molecule has 0 radical (unpaired) electrons. The van der Waals surface area contributed by atoms with Crippen LogP contribution >= 0.6 is 0 Å². The Morgan fingerprint density at radius 2 is 1.83 bits per heavy atom. The van der Waals surface area contributed by atoms with Gasteiger partial charge in [0.25, 0.3) is 5.91 Å². The van der Waals surface area contributed by atoms with Crippen LogP contribution in [0.2, 0.25) is 0 Å². The molecule has 5 nitrogen and oxygen atoms in total. The average molecular weight is 382 g/mol. The van der Waals surface area contributed by atoms with E-state index >= 15 is 0 Å². The van der Waals surface area contributed by atoms with Gasteiger partial charge in [-0.15, -0.1) is 0 Å². The minimum absolute atomic E-state index is 0.0103.